The highest BCUT2D eigenvalue weighted by Crippen LogP contribution is 2.18. The fourth-order valence-electron chi connectivity index (χ4n) is 3.32. The Kier molecular flexibility index (Phi) is 9.05. The third-order valence-electron chi connectivity index (χ3n) is 4.78. The van der Waals surface area contributed by atoms with Crippen molar-refractivity contribution in [3.63, 3.8) is 0 Å². The summed E-state index contributed by atoms with van der Waals surface area (Å²) in [6.45, 7) is 4.32. The highest BCUT2D eigenvalue weighted by molar-refractivity contribution is 14.0. The van der Waals surface area contributed by atoms with Crippen molar-refractivity contribution in [2.75, 3.05) is 33.4 Å². The van der Waals surface area contributed by atoms with Crippen molar-refractivity contribution >= 4 is 29.9 Å². The summed E-state index contributed by atoms with van der Waals surface area (Å²) < 4.78 is 16.9. The number of rotatable bonds is 5. The van der Waals surface area contributed by atoms with Crippen molar-refractivity contribution in [3.05, 3.63) is 24.2 Å². The Labute approximate surface area is 167 Å². The summed E-state index contributed by atoms with van der Waals surface area (Å²) >= 11 is 0. The number of piperidine rings is 1. The largest absolute Gasteiger partial charge is 0.472 e. The maximum atomic E-state index is 6.08. The van der Waals surface area contributed by atoms with Gasteiger partial charge in [-0.3, -0.25) is 4.99 Å². The van der Waals surface area contributed by atoms with Crippen molar-refractivity contribution in [1.29, 1.82) is 0 Å². The van der Waals surface area contributed by atoms with E-state index in [0.29, 0.717) is 12.2 Å². The summed E-state index contributed by atoms with van der Waals surface area (Å²) in [5, 5.41) is 3.40. The van der Waals surface area contributed by atoms with Crippen LogP contribution in [0.1, 0.15) is 37.7 Å². The number of halogens is 1. The van der Waals surface area contributed by atoms with E-state index in [-0.39, 0.29) is 24.0 Å². The number of nitrogens with one attached hydrogen (secondary N) is 1. The number of guanidine groups is 1. The van der Waals surface area contributed by atoms with Crippen LogP contribution in [0.5, 0.6) is 0 Å². The molecular weight excluding hydrogens is 433 g/mol. The predicted molar refractivity (Wildman–Crippen MR) is 108 cm³/mol. The van der Waals surface area contributed by atoms with Gasteiger partial charge in [0.25, 0.3) is 0 Å². The fraction of sp³-hybridized carbons (Fsp3) is 0.722. The van der Waals surface area contributed by atoms with Gasteiger partial charge in [0.05, 0.1) is 31.3 Å². The molecule has 25 heavy (non-hydrogen) atoms. The van der Waals surface area contributed by atoms with Crippen molar-refractivity contribution in [2.45, 2.75) is 50.9 Å². The van der Waals surface area contributed by atoms with Gasteiger partial charge in [-0.2, -0.15) is 0 Å². The molecule has 0 bridgehead atoms. The Morgan fingerprint density at radius 1 is 1.32 bits per heavy atom. The molecule has 1 unspecified atom stereocenters. The number of aliphatic imine (C=N–C) groups is 1. The zero-order valence-corrected chi connectivity index (χ0v) is 17.3. The molecule has 1 aromatic heterocycles. The lowest BCUT2D eigenvalue weighted by atomic mass is 10.1. The van der Waals surface area contributed by atoms with Gasteiger partial charge in [-0.05, 0) is 38.2 Å². The molecule has 2 saturated heterocycles. The highest BCUT2D eigenvalue weighted by atomic mass is 127. The van der Waals surface area contributed by atoms with Gasteiger partial charge in [-0.15, -0.1) is 24.0 Å². The van der Waals surface area contributed by atoms with Crippen LogP contribution in [0.15, 0.2) is 28.0 Å². The molecule has 1 atom stereocenters. The van der Waals surface area contributed by atoms with Crippen LogP contribution < -0.4 is 5.32 Å². The monoisotopic (exact) mass is 463 g/mol. The second kappa shape index (κ2) is 11.0. The number of hydrogen-bond donors (Lipinski definition) is 1. The van der Waals surface area contributed by atoms with Crippen molar-refractivity contribution in [2.24, 2.45) is 4.99 Å². The topological polar surface area (TPSA) is 59.2 Å². The van der Waals surface area contributed by atoms with E-state index in [1.807, 2.05) is 13.1 Å². The Hall–Kier alpha value is -0.800. The van der Waals surface area contributed by atoms with E-state index in [4.69, 9.17) is 13.9 Å². The fourth-order valence-corrected chi connectivity index (χ4v) is 3.32. The lowest BCUT2D eigenvalue weighted by Gasteiger charge is -2.35. The number of hydrogen-bond acceptors (Lipinski definition) is 4. The summed E-state index contributed by atoms with van der Waals surface area (Å²) in [5.74, 6) is 0.949. The molecule has 0 saturated carbocycles. The Morgan fingerprint density at radius 3 is 2.80 bits per heavy atom. The molecule has 2 fully saturated rings. The molecule has 1 aromatic rings. The molecule has 0 radical (unpaired) electrons. The first kappa shape index (κ1) is 20.5. The number of furan rings is 1. The first-order valence-electron chi connectivity index (χ1n) is 9.05. The van der Waals surface area contributed by atoms with Gasteiger partial charge in [0, 0.05) is 38.9 Å². The normalized spacial score (nSPS) is 22.5. The van der Waals surface area contributed by atoms with Crippen LogP contribution in [0.4, 0.5) is 0 Å². The minimum absolute atomic E-state index is 0. The maximum absolute atomic E-state index is 6.08. The first-order chi connectivity index (χ1) is 11.8. The van der Waals surface area contributed by atoms with Gasteiger partial charge in [0.15, 0.2) is 5.96 Å². The second-order valence-electron chi connectivity index (χ2n) is 6.54. The molecule has 3 rings (SSSR count). The number of ether oxygens (including phenoxy) is 2. The van der Waals surface area contributed by atoms with Crippen LogP contribution in [0.3, 0.4) is 0 Å². The van der Waals surface area contributed by atoms with Gasteiger partial charge < -0.3 is 24.1 Å². The zero-order chi connectivity index (χ0) is 16.6. The Balaban J connectivity index is 0.00000225. The summed E-state index contributed by atoms with van der Waals surface area (Å²) in [6.07, 6.45) is 9.79. The Morgan fingerprint density at radius 2 is 2.16 bits per heavy atom. The quantitative estimate of drug-likeness (QED) is 0.414. The minimum atomic E-state index is 0. The Bertz CT molecular complexity index is 496. The molecule has 0 aliphatic carbocycles. The smallest absolute Gasteiger partial charge is 0.193 e. The SMILES string of the molecule is CN=C(NCc1ccoc1)N1CCC(OCC2CCCCO2)CC1.I. The molecule has 0 spiro atoms. The van der Waals surface area contributed by atoms with Crippen molar-refractivity contribution in [3.8, 4) is 0 Å². The van der Waals surface area contributed by atoms with Gasteiger partial charge >= 0.3 is 0 Å². The number of likely N-dealkylation sites (tertiary alicyclic amines) is 1. The van der Waals surface area contributed by atoms with E-state index in [0.717, 1.165) is 63.6 Å². The molecule has 3 heterocycles. The van der Waals surface area contributed by atoms with E-state index < -0.39 is 0 Å². The molecule has 142 valence electrons. The lowest BCUT2D eigenvalue weighted by Crippen LogP contribution is -2.47. The lowest BCUT2D eigenvalue weighted by molar-refractivity contribution is -0.0721. The van der Waals surface area contributed by atoms with Crippen molar-refractivity contribution < 1.29 is 13.9 Å². The third-order valence-corrected chi connectivity index (χ3v) is 4.78. The highest BCUT2D eigenvalue weighted by Gasteiger charge is 2.23. The van der Waals surface area contributed by atoms with E-state index >= 15 is 0 Å². The average molecular weight is 463 g/mol. The van der Waals surface area contributed by atoms with Gasteiger partial charge in [-0.1, -0.05) is 0 Å². The predicted octanol–water partition coefficient (Wildman–Crippen LogP) is 3.02. The third kappa shape index (κ3) is 6.45. The number of nitrogens with zero attached hydrogens (tertiary/aromatic N) is 2. The summed E-state index contributed by atoms with van der Waals surface area (Å²) in [5.41, 5.74) is 1.13. The van der Waals surface area contributed by atoms with Crippen molar-refractivity contribution in [1.82, 2.24) is 10.2 Å². The average Bonchev–Trinajstić information content (AvgIpc) is 3.16. The zero-order valence-electron chi connectivity index (χ0n) is 15.0. The molecular formula is C18H30IN3O3. The van der Waals surface area contributed by atoms with E-state index in [2.05, 4.69) is 15.2 Å². The van der Waals surface area contributed by atoms with E-state index in [1.54, 1.807) is 12.5 Å². The molecule has 6 nitrogen and oxygen atoms in total. The molecule has 1 N–H and O–H groups in total. The van der Waals surface area contributed by atoms with Crippen LogP contribution in [0, 0.1) is 0 Å². The molecule has 2 aliphatic rings. The van der Waals surface area contributed by atoms with Crippen LogP contribution in [-0.4, -0.2) is 56.4 Å². The standard InChI is InChI=1S/C18H29N3O3.HI/c1-19-18(20-12-15-7-11-22-13-15)21-8-5-16(6-9-21)24-14-17-4-2-3-10-23-17;/h7,11,13,16-17H,2-6,8-10,12,14H2,1H3,(H,19,20);1H. The molecule has 2 aliphatic heterocycles. The first-order valence-corrected chi connectivity index (χ1v) is 9.05. The van der Waals surface area contributed by atoms with Gasteiger partial charge in [0.2, 0.25) is 0 Å². The van der Waals surface area contributed by atoms with E-state index in [9.17, 15) is 0 Å². The molecule has 0 aromatic carbocycles. The van der Waals surface area contributed by atoms with Crippen LogP contribution in [0.2, 0.25) is 0 Å². The second-order valence-corrected chi connectivity index (χ2v) is 6.54. The summed E-state index contributed by atoms with van der Waals surface area (Å²) in [4.78, 5) is 6.70. The van der Waals surface area contributed by atoms with Gasteiger partial charge in [0.1, 0.15) is 0 Å². The van der Waals surface area contributed by atoms with Crippen LogP contribution in [-0.2, 0) is 16.0 Å². The van der Waals surface area contributed by atoms with E-state index in [1.165, 1.54) is 12.8 Å². The summed E-state index contributed by atoms with van der Waals surface area (Å²) in [6, 6.07) is 1.97. The maximum Gasteiger partial charge on any atom is 0.193 e. The minimum Gasteiger partial charge on any atom is -0.472 e. The molecule has 0 amide bonds. The van der Waals surface area contributed by atoms with Gasteiger partial charge in [-0.25, -0.2) is 0 Å². The van der Waals surface area contributed by atoms with Crippen LogP contribution >= 0.6 is 24.0 Å². The summed E-state index contributed by atoms with van der Waals surface area (Å²) in [7, 11) is 1.83. The van der Waals surface area contributed by atoms with Crippen LogP contribution in [0.25, 0.3) is 0 Å². The molecule has 7 heteroatoms.